The summed E-state index contributed by atoms with van der Waals surface area (Å²) in [5.41, 5.74) is -2.40. The molecule has 3 rings (SSSR count). The van der Waals surface area contributed by atoms with Gasteiger partial charge >= 0.3 is 18.3 Å². The van der Waals surface area contributed by atoms with Crippen molar-refractivity contribution in [3.8, 4) is 0 Å². The fourth-order valence-corrected chi connectivity index (χ4v) is 4.77. The molecule has 0 aliphatic heterocycles. The lowest BCUT2D eigenvalue weighted by Crippen LogP contribution is -2.28. The summed E-state index contributed by atoms with van der Waals surface area (Å²) in [6, 6.07) is 0. The number of carbonyl (C=O) groups excluding carboxylic acids is 2. The van der Waals surface area contributed by atoms with Crippen LogP contribution in [0.3, 0.4) is 0 Å². The number of allylic oxidation sites excluding steroid dienone is 2. The predicted octanol–water partition coefficient (Wildman–Crippen LogP) is 5.35. The molecule has 4 nitrogen and oxygen atoms in total. The van der Waals surface area contributed by atoms with Gasteiger partial charge in [0.15, 0.2) is 0 Å². The number of aryl methyl sites for hydroxylation is 1. The fraction of sp³-hybridized carbons (Fsp3) is 0.474. The molecule has 0 saturated carbocycles. The Morgan fingerprint density at radius 3 is 2.40 bits per heavy atom. The van der Waals surface area contributed by atoms with Crippen LogP contribution in [0.15, 0.2) is 23.3 Å². The Morgan fingerprint density at radius 1 is 1.13 bits per heavy atom. The van der Waals surface area contributed by atoms with E-state index in [-0.39, 0.29) is 29.3 Å². The molecule has 0 saturated heterocycles. The van der Waals surface area contributed by atoms with Crippen LogP contribution >= 0.6 is 11.3 Å². The number of anilines is 1. The number of alkyl halides is 6. The van der Waals surface area contributed by atoms with Crippen LogP contribution in [-0.2, 0) is 22.4 Å². The molecule has 0 bridgehead atoms. The van der Waals surface area contributed by atoms with Crippen molar-refractivity contribution in [2.45, 2.75) is 45.0 Å². The molecule has 30 heavy (non-hydrogen) atoms. The molecule has 0 radical (unpaired) electrons. The van der Waals surface area contributed by atoms with Gasteiger partial charge in [-0.05, 0) is 44.2 Å². The van der Waals surface area contributed by atoms with E-state index in [9.17, 15) is 35.9 Å². The number of rotatable bonds is 4. The van der Waals surface area contributed by atoms with Crippen molar-refractivity contribution in [3.63, 3.8) is 0 Å². The second kappa shape index (κ2) is 8.09. The third kappa shape index (κ3) is 4.40. The van der Waals surface area contributed by atoms with Crippen LogP contribution < -0.4 is 5.32 Å². The lowest BCUT2D eigenvalue weighted by molar-refractivity contribution is -0.123. The molecule has 1 aromatic heterocycles. The van der Waals surface area contributed by atoms with Crippen molar-refractivity contribution in [2.24, 2.45) is 5.92 Å². The number of esters is 1. The summed E-state index contributed by atoms with van der Waals surface area (Å²) < 4.78 is 83.5. The highest BCUT2D eigenvalue weighted by Gasteiger charge is 2.48. The third-order valence-corrected chi connectivity index (χ3v) is 6.02. The molecule has 1 aromatic rings. The average molecular weight is 453 g/mol. The molecule has 1 heterocycles. The molecular formula is C19H17F6NO3S. The van der Waals surface area contributed by atoms with Crippen molar-refractivity contribution in [1.82, 2.24) is 0 Å². The highest BCUT2D eigenvalue weighted by Crippen LogP contribution is 2.44. The summed E-state index contributed by atoms with van der Waals surface area (Å²) in [6.45, 7) is 1.63. The van der Waals surface area contributed by atoms with Crippen LogP contribution in [0.5, 0.6) is 0 Å². The van der Waals surface area contributed by atoms with E-state index in [0.717, 1.165) is 29.1 Å². The number of carbonyl (C=O) groups is 2. The molecule has 11 heteroatoms. The Balaban J connectivity index is 1.95. The Kier molecular flexibility index (Phi) is 6.03. The van der Waals surface area contributed by atoms with Crippen molar-refractivity contribution in [1.29, 1.82) is 0 Å². The molecular weight excluding hydrogens is 436 g/mol. The summed E-state index contributed by atoms with van der Waals surface area (Å²) in [6.07, 6.45) is -7.13. The van der Waals surface area contributed by atoms with Crippen molar-refractivity contribution < 1.29 is 40.7 Å². The Bertz CT molecular complexity index is 926. The van der Waals surface area contributed by atoms with Crippen LogP contribution in [-0.4, -0.2) is 30.8 Å². The summed E-state index contributed by atoms with van der Waals surface area (Å²) >= 11 is 1.04. The zero-order chi connectivity index (χ0) is 22.3. The number of hydrogen-bond donors (Lipinski definition) is 1. The number of halogens is 6. The molecule has 1 atom stereocenters. The lowest BCUT2D eigenvalue weighted by atomic mass is 9.95. The van der Waals surface area contributed by atoms with Crippen LogP contribution in [0.25, 0.3) is 0 Å². The van der Waals surface area contributed by atoms with Gasteiger partial charge in [0.1, 0.15) is 5.00 Å². The summed E-state index contributed by atoms with van der Waals surface area (Å²) in [5, 5.41) is 2.25. The van der Waals surface area contributed by atoms with E-state index in [1.165, 1.54) is 0 Å². The molecule has 1 N–H and O–H groups in total. The predicted molar refractivity (Wildman–Crippen MR) is 97.3 cm³/mol. The minimum absolute atomic E-state index is 0.000679. The zero-order valence-corrected chi connectivity index (χ0v) is 16.5. The first-order chi connectivity index (χ1) is 13.9. The van der Waals surface area contributed by atoms with Gasteiger partial charge in [0.25, 0.3) is 0 Å². The van der Waals surface area contributed by atoms with Crippen LogP contribution in [0, 0.1) is 5.92 Å². The van der Waals surface area contributed by atoms with Gasteiger partial charge in [0, 0.05) is 10.5 Å². The fourth-order valence-electron chi connectivity index (χ4n) is 3.49. The summed E-state index contributed by atoms with van der Waals surface area (Å²) in [4.78, 5) is 25.8. The zero-order valence-electron chi connectivity index (χ0n) is 15.7. The highest BCUT2D eigenvalue weighted by atomic mass is 32.1. The maximum absolute atomic E-state index is 13.2. The maximum Gasteiger partial charge on any atom is 0.416 e. The monoisotopic (exact) mass is 453 g/mol. The van der Waals surface area contributed by atoms with E-state index in [1.807, 2.05) is 0 Å². The van der Waals surface area contributed by atoms with Gasteiger partial charge in [0.05, 0.1) is 23.7 Å². The van der Waals surface area contributed by atoms with Crippen LogP contribution in [0.2, 0.25) is 0 Å². The molecule has 0 aromatic carbocycles. The largest absolute Gasteiger partial charge is 0.462 e. The topological polar surface area (TPSA) is 55.4 Å². The third-order valence-electron chi connectivity index (χ3n) is 4.82. The van der Waals surface area contributed by atoms with E-state index in [1.54, 1.807) is 6.92 Å². The molecule has 2 aliphatic carbocycles. The first-order valence-corrected chi connectivity index (χ1v) is 9.95. The van der Waals surface area contributed by atoms with E-state index in [0.29, 0.717) is 18.4 Å². The van der Waals surface area contributed by atoms with Gasteiger partial charge in [-0.2, -0.15) is 26.3 Å². The Labute approximate surface area is 171 Å². The Hall–Kier alpha value is -2.30. The molecule has 164 valence electrons. The van der Waals surface area contributed by atoms with E-state index in [2.05, 4.69) is 5.32 Å². The van der Waals surface area contributed by atoms with Gasteiger partial charge in [-0.15, -0.1) is 11.3 Å². The maximum atomic E-state index is 13.2. The Morgan fingerprint density at radius 2 is 1.80 bits per heavy atom. The molecule has 1 unspecified atom stereocenters. The number of thiophene rings is 1. The van der Waals surface area contributed by atoms with Gasteiger partial charge in [-0.1, -0.05) is 6.08 Å². The van der Waals surface area contributed by atoms with Gasteiger partial charge in [-0.25, -0.2) is 4.79 Å². The number of fused-ring (bicyclic) bond motifs is 1. The minimum Gasteiger partial charge on any atom is -0.462 e. The lowest BCUT2D eigenvalue weighted by Gasteiger charge is -2.16. The molecule has 0 fully saturated rings. The standard InChI is InChI=1S/C19H17F6NO3S/c1-2-29-17(28)14-10-5-3-4-6-13(10)30-16(14)26-15(27)11-7-9(18(20,21)22)8-12(11)19(23,24)25/h7-8,11H,2-6H2,1H3,(H,26,27). The van der Waals surface area contributed by atoms with Gasteiger partial charge in [0.2, 0.25) is 5.91 Å². The molecule has 2 aliphatic rings. The quantitative estimate of drug-likeness (QED) is 0.494. The molecule has 1 amide bonds. The SMILES string of the molecule is CCOC(=O)c1c(NC(=O)C2C=C(C(F)(F)F)C=C2C(F)(F)F)sc2c1CCCC2. The van der Waals surface area contributed by atoms with Crippen molar-refractivity contribution >= 4 is 28.2 Å². The second-order valence-corrected chi connectivity index (χ2v) is 7.92. The number of amides is 1. The number of ether oxygens (including phenoxy) is 1. The first-order valence-electron chi connectivity index (χ1n) is 9.13. The smallest absolute Gasteiger partial charge is 0.416 e. The summed E-state index contributed by atoms with van der Waals surface area (Å²) in [5.74, 6) is -4.19. The van der Waals surface area contributed by atoms with E-state index >= 15 is 0 Å². The number of nitrogens with one attached hydrogen (secondary N) is 1. The first kappa shape index (κ1) is 22.4. The highest BCUT2D eigenvalue weighted by molar-refractivity contribution is 7.17. The summed E-state index contributed by atoms with van der Waals surface area (Å²) in [7, 11) is 0. The van der Waals surface area contributed by atoms with E-state index in [4.69, 9.17) is 4.74 Å². The van der Waals surface area contributed by atoms with Gasteiger partial charge < -0.3 is 10.1 Å². The van der Waals surface area contributed by atoms with Gasteiger partial charge in [-0.3, -0.25) is 4.79 Å². The molecule has 0 spiro atoms. The van der Waals surface area contributed by atoms with E-state index < -0.39 is 41.3 Å². The van der Waals surface area contributed by atoms with Crippen molar-refractivity contribution in [2.75, 3.05) is 11.9 Å². The normalized spacial score (nSPS) is 19.1. The number of hydrogen-bond acceptors (Lipinski definition) is 4. The second-order valence-electron chi connectivity index (χ2n) is 6.82. The van der Waals surface area contributed by atoms with Crippen LogP contribution in [0.4, 0.5) is 31.3 Å². The van der Waals surface area contributed by atoms with Crippen molar-refractivity contribution in [3.05, 3.63) is 39.3 Å². The van der Waals surface area contributed by atoms with Crippen LogP contribution in [0.1, 0.15) is 40.6 Å². The minimum atomic E-state index is -5.12. The average Bonchev–Trinajstić information content (AvgIpc) is 3.23.